The van der Waals surface area contributed by atoms with Crippen LogP contribution in [0.5, 0.6) is 5.75 Å². The van der Waals surface area contributed by atoms with Crippen molar-refractivity contribution in [3.63, 3.8) is 0 Å². The highest BCUT2D eigenvalue weighted by Gasteiger charge is 2.31. The Morgan fingerprint density at radius 1 is 1.38 bits per heavy atom. The molecule has 0 radical (unpaired) electrons. The maximum Gasteiger partial charge on any atom is 0.310 e. The van der Waals surface area contributed by atoms with Crippen molar-refractivity contribution in [3.8, 4) is 5.75 Å². The van der Waals surface area contributed by atoms with Crippen LogP contribution in [0.15, 0.2) is 24.3 Å². The van der Waals surface area contributed by atoms with Crippen LogP contribution in [0.3, 0.4) is 0 Å². The molecule has 130 valence electrons. The molecule has 0 bridgehead atoms. The normalized spacial score (nSPS) is 17.1. The smallest absolute Gasteiger partial charge is 0.310 e. The fourth-order valence-corrected chi connectivity index (χ4v) is 2.10. The molecule has 2 amide bonds. The lowest BCUT2D eigenvalue weighted by Crippen LogP contribution is -2.41. The summed E-state index contributed by atoms with van der Waals surface area (Å²) in [6.07, 6.45) is -2.24. The van der Waals surface area contributed by atoms with Crippen LogP contribution in [0.25, 0.3) is 0 Å². The van der Waals surface area contributed by atoms with Gasteiger partial charge in [0.05, 0.1) is 18.7 Å². The van der Waals surface area contributed by atoms with Crippen LogP contribution in [0, 0.1) is 0 Å². The Bertz CT molecular complexity index is 618. The van der Waals surface area contributed by atoms with Gasteiger partial charge in [-0.05, 0) is 19.1 Å². The molecule has 1 heterocycles. The van der Waals surface area contributed by atoms with Gasteiger partial charge in [-0.2, -0.15) is 0 Å². The predicted octanol–water partition coefficient (Wildman–Crippen LogP) is 0.470. The molecule has 0 fully saturated rings. The number of carbonyl (C=O) groups excluding carboxylic acids is 3. The summed E-state index contributed by atoms with van der Waals surface area (Å²) in [4.78, 5) is 35.6. The molecule has 2 atom stereocenters. The lowest BCUT2D eigenvalue weighted by molar-refractivity contribution is -0.157. The number of ether oxygens (including phenoxy) is 3. The van der Waals surface area contributed by atoms with Gasteiger partial charge in [0.1, 0.15) is 5.75 Å². The molecule has 0 aliphatic carbocycles. The maximum atomic E-state index is 11.9. The first-order chi connectivity index (χ1) is 11.5. The topological polar surface area (TPSA) is 103 Å². The van der Waals surface area contributed by atoms with Crippen molar-refractivity contribution in [2.24, 2.45) is 0 Å². The fraction of sp³-hybridized carbons (Fsp3) is 0.438. The average molecular weight is 336 g/mol. The number of esters is 1. The van der Waals surface area contributed by atoms with Gasteiger partial charge in [-0.25, -0.2) is 0 Å². The van der Waals surface area contributed by atoms with Crippen molar-refractivity contribution in [1.29, 1.82) is 0 Å². The Labute approximate surface area is 139 Å². The largest absolute Gasteiger partial charge is 0.478 e. The van der Waals surface area contributed by atoms with Crippen molar-refractivity contribution >= 4 is 23.5 Å². The van der Waals surface area contributed by atoms with E-state index in [2.05, 4.69) is 10.6 Å². The third-order valence-corrected chi connectivity index (χ3v) is 3.34. The second-order valence-corrected chi connectivity index (χ2v) is 5.21. The first-order valence-electron chi connectivity index (χ1n) is 7.54. The third kappa shape index (κ3) is 4.69. The molecule has 8 nitrogen and oxygen atoms in total. The Balaban J connectivity index is 1.84. The van der Waals surface area contributed by atoms with Gasteiger partial charge in [-0.1, -0.05) is 12.1 Å². The van der Waals surface area contributed by atoms with Crippen LogP contribution in [-0.4, -0.2) is 50.3 Å². The van der Waals surface area contributed by atoms with E-state index in [9.17, 15) is 14.4 Å². The summed E-state index contributed by atoms with van der Waals surface area (Å²) in [6.45, 7) is 2.14. The minimum Gasteiger partial charge on any atom is -0.478 e. The van der Waals surface area contributed by atoms with E-state index in [0.717, 1.165) is 0 Å². The lowest BCUT2D eigenvalue weighted by Gasteiger charge is -2.25. The molecule has 2 rings (SSSR count). The predicted molar refractivity (Wildman–Crippen MR) is 84.5 cm³/mol. The highest BCUT2D eigenvalue weighted by atomic mass is 16.6. The zero-order chi connectivity index (χ0) is 17.5. The van der Waals surface area contributed by atoms with Gasteiger partial charge in [-0.15, -0.1) is 0 Å². The fourth-order valence-electron chi connectivity index (χ4n) is 2.10. The van der Waals surface area contributed by atoms with E-state index in [1.807, 2.05) is 0 Å². The van der Waals surface area contributed by atoms with Crippen LogP contribution >= 0.6 is 0 Å². The van der Waals surface area contributed by atoms with Crippen LogP contribution < -0.4 is 15.4 Å². The van der Waals surface area contributed by atoms with Gasteiger partial charge in [0.25, 0.3) is 11.8 Å². The Hall–Kier alpha value is -2.61. The third-order valence-electron chi connectivity index (χ3n) is 3.34. The van der Waals surface area contributed by atoms with Crippen molar-refractivity contribution in [1.82, 2.24) is 5.32 Å². The van der Waals surface area contributed by atoms with Crippen molar-refractivity contribution in [2.45, 2.75) is 25.6 Å². The number of rotatable bonds is 7. The first kappa shape index (κ1) is 17.7. The van der Waals surface area contributed by atoms with Gasteiger partial charge in [-0.3, -0.25) is 14.4 Å². The summed E-state index contributed by atoms with van der Waals surface area (Å²) >= 11 is 0. The molecule has 0 saturated heterocycles. The number of para-hydroxylation sites is 2. The summed E-state index contributed by atoms with van der Waals surface area (Å²) in [5.74, 6) is -1.06. The SMILES string of the molecule is COCCNC(=O)[C@H](C)OC(=O)C[C@@H]1Oc2ccccc2NC1=O. The standard InChI is InChI=1S/C16H20N2O6/c1-10(15(20)17-7-8-22-2)23-14(19)9-13-16(21)18-11-5-3-4-6-12(11)24-13/h3-6,10,13H,7-9H2,1-2H3,(H,17,20)(H,18,21)/t10-,13-/m0/s1. The number of hydrogen-bond acceptors (Lipinski definition) is 6. The average Bonchev–Trinajstić information content (AvgIpc) is 2.55. The molecule has 8 heteroatoms. The number of nitrogens with one attached hydrogen (secondary N) is 2. The number of methoxy groups -OCH3 is 1. The molecule has 1 aliphatic heterocycles. The zero-order valence-corrected chi connectivity index (χ0v) is 13.5. The number of carbonyl (C=O) groups is 3. The lowest BCUT2D eigenvalue weighted by atomic mass is 10.1. The molecule has 0 spiro atoms. The molecule has 2 N–H and O–H groups in total. The monoisotopic (exact) mass is 336 g/mol. The van der Waals surface area contributed by atoms with E-state index in [-0.39, 0.29) is 6.42 Å². The molecule has 24 heavy (non-hydrogen) atoms. The van der Waals surface area contributed by atoms with Crippen LogP contribution in [0.1, 0.15) is 13.3 Å². The number of benzene rings is 1. The van der Waals surface area contributed by atoms with E-state index in [1.54, 1.807) is 24.3 Å². The van der Waals surface area contributed by atoms with E-state index in [1.165, 1.54) is 14.0 Å². The summed E-state index contributed by atoms with van der Waals surface area (Å²) in [7, 11) is 1.52. The summed E-state index contributed by atoms with van der Waals surface area (Å²) in [6, 6.07) is 6.92. The molecule has 0 aromatic heterocycles. The zero-order valence-electron chi connectivity index (χ0n) is 13.5. The molecule has 1 aromatic rings. The Kier molecular flexibility index (Phi) is 6.14. The van der Waals surface area contributed by atoms with Gasteiger partial charge < -0.3 is 24.8 Å². The Morgan fingerprint density at radius 3 is 2.88 bits per heavy atom. The summed E-state index contributed by atoms with van der Waals surface area (Å²) < 4.78 is 15.3. The molecule has 0 saturated carbocycles. The van der Waals surface area contributed by atoms with Crippen molar-refractivity contribution in [3.05, 3.63) is 24.3 Å². The van der Waals surface area contributed by atoms with Crippen molar-refractivity contribution < 1.29 is 28.6 Å². The molecule has 1 aromatic carbocycles. The molecule has 1 aliphatic rings. The minimum atomic E-state index is -0.990. The van der Waals surface area contributed by atoms with E-state index in [4.69, 9.17) is 14.2 Å². The first-order valence-corrected chi connectivity index (χ1v) is 7.54. The molecular formula is C16H20N2O6. The van der Waals surface area contributed by atoms with Crippen LogP contribution in [0.4, 0.5) is 5.69 Å². The van der Waals surface area contributed by atoms with Crippen molar-refractivity contribution in [2.75, 3.05) is 25.6 Å². The van der Waals surface area contributed by atoms with Gasteiger partial charge in [0, 0.05) is 13.7 Å². The minimum absolute atomic E-state index is 0.282. The van der Waals surface area contributed by atoms with Crippen LogP contribution in [0.2, 0.25) is 0 Å². The van der Waals surface area contributed by atoms with E-state index in [0.29, 0.717) is 24.6 Å². The van der Waals surface area contributed by atoms with Gasteiger partial charge >= 0.3 is 5.97 Å². The Morgan fingerprint density at radius 2 is 2.12 bits per heavy atom. The number of amides is 2. The van der Waals surface area contributed by atoms with E-state index >= 15 is 0 Å². The molecule has 0 unspecified atom stereocenters. The number of fused-ring (bicyclic) bond motifs is 1. The van der Waals surface area contributed by atoms with Gasteiger partial charge in [0.2, 0.25) is 0 Å². The number of hydrogen-bond donors (Lipinski definition) is 2. The second-order valence-electron chi connectivity index (χ2n) is 5.21. The highest BCUT2D eigenvalue weighted by Crippen LogP contribution is 2.29. The van der Waals surface area contributed by atoms with Crippen LogP contribution in [-0.2, 0) is 23.9 Å². The summed E-state index contributed by atoms with van der Waals surface area (Å²) in [5, 5.41) is 5.22. The highest BCUT2D eigenvalue weighted by molar-refractivity contribution is 5.99. The van der Waals surface area contributed by atoms with E-state index < -0.39 is 30.0 Å². The summed E-state index contributed by atoms with van der Waals surface area (Å²) in [5.41, 5.74) is 0.554. The quantitative estimate of drug-likeness (QED) is 0.554. The maximum absolute atomic E-state index is 11.9. The van der Waals surface area contributed by atoms with Gasteiger partial charge in [0.15, 0.2) is 12.2 Å². The molecular weight excluding hydrogens is 316 g/mol. The second kappa shape index (κ2) is 8.30. The number of anilines is 1.